The highest BCUT2D eigenvalue weighted by atomic mass is 32.1. The first-order valence-corrected chi connectivity index (χ1v) is 8.58. The van der Waals surface area contributed by atoms with E-state index < -0.39 is 0 Å². The summed E-state index contributed by atoms with van der Waals surface area (Å²) in [6.45, 7) is 3.11. The molecular weight excluding hydrogens is 266 g/mol. The molecule has 3 nitrogen and oxygen atoms in total. The van der Waals surface area contributed by atoms with Crippen molar-refractivity contribution in [3.05, 3.63) is 34.3 Å². The van der Waals surface area contributed by atoms with Gasteiger partial charge in [-0.2, -0.15) is 0 Å². The van der Waals surface area contributed by atoms with Crippen molar-refractivity contribution in [3.63, 3.8) is 0 Å². The molecule has 0 radical (unpaired) electrons. The quantitative estimate of drug-likeness (QED) is 0.870. The van der Waals surface area contributed by atoms with Gasteiger partial charge in [-0.25, -0.2) is 4.98 Å². The predicted octanol–water partition coefficient (Wildman–Crippen LogP) is 4.62. The van der Waals surface area contributed by atoms with E-state index in [0.717, 1.165) is 18.9 Å². The van der Waals surface area contributed by atoms with Crippen LogP contribution in [0.5, 0.6) is 0 Å². The minimum atomic E-state index is 0.641. The van der Waals surface area contributed by atoms with E-state index in [1.807, 2.05) is 17.5 Å². The number of nitrogens with zero attached hydrogens (tertiary/aromatic N) is 2. The van der Waals surface area contributed by atoms with Gasteiger partial charge in [-0.05, 0) is 36.3 Å². The van der Waals surface area contributed by atoms with Gasteiger partial charge < -0.3 is 9.88 Å². The van der Waals surface area contributed by atoms with Crippen LogP contribution in [-0.2, 0) is 13.0 Å². The standard InChI is InChI=1S/C16H23N3S/c1-2-13-8-11-20-15(13)12-18-16-17-9-10-19(16)14-6-4-3-5-7-14/h8-11,14H,2-7,12H2,1H3,(H,17,18). The van der Waals surface area contributed by atoms with E-state index >= 15 is 0 Å². The van der Waals surface area contributed by atoms with E-state index in [1.54, 1.807) is 0 Å². The maximum atomic E-state index is 4.50. The van der Waals surface area contributed by atoms with Gasteiger partial charge in [0, 0.05) is 23.3 Å². The first kappa shape index (κ1) is 13.7. The fourth-order valence-electron chi connectivity index (χ4n) is 3.10. The van der Waals surface area contributed by atoms with Crippen LogP contribution in [0.2, 0.25) is 0 Å². The summed E-state index contributed by atoms with van der Waals surface area (Å²) in [6.07, 6.45) is 11.9. The van der Waals surface area contributed by atoms with Crippen molar-refractivity contribution in [1.29, 1.82) is 0 Å². The van der Waals surface area contributed by atoms with Gasteiger partial charge in [-0.3, -0.25) is 0 Å². The molecule has 0 aromatic carbocycles. The highest BCUT2D eigenvalue weighted by molar-refractivity contribution is 7.10. The zero-order chi connectivity index (χ0) is 13.8. The van der Waals surface area contributed by atoms with Crippen LogP contribution in [-0.4, -0.2) is 9.55 Å². The topological polar surface area (TPSA) is 29.9 Å². The molecule has 20 heavy (non-hydrogen) atoms. The lowest BCUT2D eigenvalue weighted by Gasteiger charge is -2.24. The minimum absolute atomic E-state index is 0.641. The van der Waals surface area contributed by atoms with E-state index in [9.17, 15) is 0 Å². The van der Waals surface area contributed by atoms with Crippen LogP contribution >= 0.6 is 11.3 Å². The van der Waals surface area contributed by atoms with Crippen LogP contribution < -0.4 is 5.32 Å². The largest absolute Gasteiger partial charge is 0.351 e. The Morgan fingerprint density at radius 3 is 3.00 bits per heavy atom. The Labute approximate surface area is 125 Å². The first-order valence-electron chi connectivity index (χ1n) is 7.70. The number of nitrogens with one attached hydrogen (secondary N) is 1. The Hall–Kier alpha value is -1.29. The SMILES string of the molecule is CCc1ccsc1CNc1nccn1C1CCCCC1. The molecule has 2 aromatic rings. The van der Waals surface area contributed by atoms with Crippen molar-refractivity contribution in [2.45, 2.75) is 58.0 Å². The molecule has 0 spiro atoms. The third-order valence-corrected chi connectivity index (χ3v) is 5.23. The third-order valence-electron chi connectivity index (χ3n) is 4.26. The van der Waals surface area contributed by atoms with Crippen LogP contribution in [0.4, 0.5) is 5.95 Å². The predicted molar refractivity (Wildman–Crippen MR) is 85.4 cm³/mol. The van der Waals surface area contributed by atoms with Crippen molar-refractivity contribution in [1.82, 2.24) is 9.55 Å². The van der Waals surface area contributed by atoms with Crippen molar-refractivity contribution >= 4 is 17.3 Å². The van der Waals surface area contributed by atoms with E-state index in [2.05, 4.69) is 39.4 Å². The number of aryl methyl sites for hydroxylation is 1. The Bertz CT molecular complexity index is 537. The summed E-state index contributed by atoms with van der Waals surface area (Å²) in [5, 5.41) is 5.71. The maximum Gasteiger partial charge on any atom is 0.203 e. The van der Waals surface area contributed by atoms with Gasteiger partial charge in [0.05, 0.1) is 6.54 Å². The lowest BCUT2D eigenvalue weighted by molar-refractivity contribution is 0.356. The molecular formula is C16H23N3S. The third kappa shape index (κ3) is 2.90. The fraction of sp³-hybridized carbons (Fsp3) is 0.562. The van der Waals surface area contributed by atoms with Crippen molar-refractivity contribution in [2.24, 2.45) is 0 Å². The smallest absolute Gasteiger partial charge is 0.203 e. The summed E-state index contributed by atoms with van der Waals surface area (Å²) in [4.78, 5) is 5.94. The zero-order valence-electron chi connectivity index (χ0n) is 12.1. The molecule has 0 amide bonds. The Kier molecular flexibility index (Phi) is 4.41. The fourth-order valence-corrected chi connectivity index (χ4v) is 4.02. The summed E-state index contributed by atoms with van der Waals surface area (Å²) >= 11 is 1.84. The molecule has 1 saturated carbocycles. The lowest BCUT2D eigenvalue weighted by Crippen LogP contribution is -2.15. The molecule has 2 heterocycles. The molecule has 1 N–H and O–H groups in total. The van der Waals surface area contributed by atoms with Crippen LogP contribution in [0.3, 0.4) is 0 Å². The molecule has 0 unspecified atom stereocenters. The number of hydrogen-bond donors (Lipinski definition) is 1. The van der Waals surface area contributed by atoms with Crippen molar-refractivity contribution in [2.75, 3.05) is 5.32 Å². The van der Waals surface area contributed by atoms with Crippen LogP contribution in [0.15, 0.2) is 23.8 Å². The second-order valence-corrected chi connectivity index (χ2v) is 6.53. The molecule has 1 aliphatic carbocycles. The second-order valence-electron chi connectivity index (χ2n) is 5.53. The minimum Gasteiger partial charge on any atom is -0.351 e. The van der Waals surface area contributed by atoms with Gasteiger partial charge in [0.25, 0.3) is 0 Å². The molecule has 0 saturated heterocycles. The number of imidazole rings is 1. The van der Waals surface area contributed by atoms with Crippen LogP contribution in [0.25, 0.3) is 0 Å². The normalized spacial score (nSPS) is 16.4. The highest BCUT2D eigenvalue weighted by Gasteiger charge is 2.17. The van der Waals surface area contributed by atoms with E-state index in [0.29, 0.717) is 6.04 Å². The number of rotatable bonds is 5. The first-order chi connectivity index (χ1) is 9.88. The molecule has 0 atom stereocenters. The molecule has 108 valence electrons. The molecule has 3 rings (SSSR count). The Morgan fingerprint density at radius 1 is 1.35 bits per heavy atom. The van der Waals surface area contributed by atoms with Gasteiger partial charge in [0.2, 0.25) is 5.95 Å². The summed E-state index contributed by atoms with van der Waals surface area (Å²) in [5.41, 5.74) is 1.46. The average molecular weight is 289 g/mol. The van der Waals surface area contributed by atoms with Gasteiger partial charge in [-0.1, -0.05) is 26.2 Å². The van der Waals surface area contributed by atoms with E-state index in [1.165, 1.54) is 42.5 Å². The monoisotopic (exact) mass is 289 g/mol. The van der Waals surface area contributed by atoms with Crippen LogP contribution in [0, 0.1) is 0 Å². The molecule has 1 fully saturated rings. The van der Waals surface area contributed by atoms with Gasteiger partial charge in [-0.15, -0.1) is 11.3 Å². The lowest BCUT2D eigenvalue weighted by atomic mass is 9.95. The van der Waals surface area contributed by atoms with E-state index in [4.69, 9.17) is 0 Å². The van der Waals surface area contributed by atoms with Gasteiger partial charge in [0.15, 0.2) is 0 Å². The average Bonchev–Trinajstić information content (AvgIpc) is 3.14. The molecule has 1 aliphatic rings. The summed E-state index contributed by atoms with van der Waals surface area (Å²) in [6, 6.07) is 2.87. The number of thiophene rings is 1. The number of anilines is 1. The zero-order valence-corrected chi connectivity index (χ0v) is 13.0. The molecule has 0 bridgehead atoms. The van der Waals surface area contributed by atoms with Gasteiger partial charge in [0.1, 0.15) is 0 Å². The summed E-state index contributed by atoms with van der Waals surface area (Å²) in [7, 11) is 0. The van der Waals surface area contributed by atoms with E-state index in [-0.39, 0.29) is 0 Å². The molecule has 4 heteroatoms. The number of hydrogen-bond acceptors (Lipinski definition) is 3. The van der Waals surface area contributed by atoms with Crippen molar-refractivity contribution in [3.8, 4) is 0 Å². The second kappa shape index (κ2) is 6.44. The Morgan fingerprint density at radius 2 is 2.20 bits per heavy atom. The maximum absolute atomic E-state index is 4.50. The van der Waals surface area contributed by atoms with Crippen LogP contribution in [0.1, 0.15) is 55.5 Å². The number of aromatic nitrogens is 2. The van der Waals surface area contributed by atoms with Gasteiger partial charge >= 0.3 is 0 Å². The summed E-state index contributed by atoms with van der Waals surface area (Å²) < 4.78 is 2.35. The highest BCUT2D eigenvalue weighted by Crippen LogP contribution is 2.30. The summed E-state index contributed by atoms with van der Waals surface area (Å²) in [5.74, 6) is 1.03. The Balaban J connectivity index is 1.67. The molecule has 2 aromatic heterocycles. The molecule has 0 aliphatic heterocycles. The van der Waals surface area contributed by atoms with Crippen molar-refractivity contribution < 1.29 is 0 Å².